The number of nitrogens with one attached hydrogen (secondary N) is 1. The standard InChI is InChI=1S/C21H23N3O3/c1-27-18-9-5-8-17(14-18)24-20(25)15-19(21(24)26)23-12-10-22(11-13-23)16-6-3-2-4-7-16/h2-9,14,19H,10-13,15H2,1H3/p+1/t19-/m0/s1. The zero-order valence-corrected chi connectivity index (χ0v) is 15.4. The molecule has 0 radical (unpaired) electrons. The van der Waals surface area contributed by atoms with Gasteiger partial charge in [-0.2, -0.15) is 0 Å². The van der Waals surface area contributed by atoms with Gasteiger partial charge >= 0.3 is 0 Å². The Hall–Kier alpha value is -2.86. The highest BCUT2D eigenvalue weighted by atomic mass is 16.5. The van der Waals surface area contributed by atoms with Crippen LogP contribution in [0.5, 0.6) is 5.75 Å². The number of hydrogen-bond acceptors (Lipinski definition) is 4. The van der Waals surface area contributed by atoms with Crippen molar-refractivity contribution in [2.24, 2.45) is 0 Å². The summed E-state index contributed by atoms with van der Waals surface area (Å²) in [7, 11) is 1.58. The van der Waals surface area contributed by atoms with E-state index in [0.29, 0.717) is 11.4 Å². The molecule has 2 aromatic rings. The Morgan fingerprint density at radius 1 is 0.963 bits per heavy atom. The van der Waals surface area contributed by atoms with E-state index in [0.717, 1.165) is 26.2 Å². The van der Waals surface area contributed by atoms with Crippen molar-refractivity contribution in [3.63, 3.8) is 0 Å². The number of quaternary nitrogens is 1. The molecule has 0 unspecified atom stereocenters. The maximum absolute atomic E-state index is 13.0. The van der Waals surface area contributed by atoms with Crippen molar-refractivity contribution in [3.8, 4) is 5.75 Å². The van der Waals surface area contributed by atoms with Crippen molar-refractivity contribution in [1.29, 1.82) is 0 Å². The normalized spacial score (nSPS) is 21.0. The van der Waals surface area contributed by atoms with E-state index in [1.165, 1.54) is 15.5 Å². The Morgan fingerprint density at radius 2 is 1.67 bits per heavy atom. The molecule has 6 heteroatoms. The average Bonchev–Trinajstić information content (AvgIpc) is 3.03. The molecule has 2 heterocycles. The minimum atomic E-state index is -0.290. The monoisotopic (exact) mass is 366 g/mol. The quantitative estimate of drug-likeness (QED) is 0.811. The SMILES string of the molecule is COc1cccc(N2C(=O)C[C@H]([NH+]3CCN(c4ccccc4)CC3)C2=O)c1. The van der Waals surface area contributed by atoms with Crippen LogP contribution in [-0.2, 0) is 9.59 Å². The van der Waals surface area contributed by atoms with Crippen molar-refractivity contribution >= 4 is 23.2 Å². The number of para-hydroxylation sites is 1. The van der Waals surface area contributed by atoms with Gasteiger partial charge in [-0.05, 0) is 24.3 Å². The average molecular weight is 366 g/mol. The van der Waals surface area contributed by atoms with Gasteiger partial charge in [0.1, 0.15) is 5.75 Å². The molecule has 1 atom stereocenters. The van der Waals surface area contributed by atoms with E-state index in [-0.39, 0.29) is 24.3 Å². The fraction of sp³-hybridized carbons (Fsp3) is 0.333. The third kappa shape index (κ3) is 3.40. The van der Waals surface area contributed by atoms with Crippen molar-refractivity contribution in [2.75, 3.05) is 43.1 Å². The van der Waals surface area contributed by atoms with Crippen LogP contribution in [0.3, 0.4) is 0 Å². The van der Waals surface area contributed by atoms with Crippen molar-refractivity contribution < 1.29 is 19.2 Å². The molecular formula is C21H24N3O3+. The molecule has 0 spiro atoms. The lowest BCUT2D eigenvalue weighted by molar-refractivity contribution is -0.915. The molecule has 0 bridgehead atoms. The molecule has 0 saturated carbocycles. The summed E-state index contributed by atoms with van der Waals surface area (Å²) in [6.45, 7) is 3.47. The molecule has 2 aromatic carbocycles. The first-order valence-electron chi connectivity index (χ1n) is 9.33. The van der Waals surface area contributed by atoms with Gasteiger partial charge in [0.15, 0.2) is 6.04 Å². The third-order valence-electron chi connectivity index (χ3n) is 5.48. The van der Waals surface area contributed by atoms with Gasteiger partial charge in [-0.25, -0.2) is 4.90 Å². The van der Waals surface area contributed by atoms with Crippen molar-refractivity contribution in [1.82, 2.24) is 0 Å². The summed E-state index contributed by atoms with van der Waals surface area (Å²) in [5.41, 5.74) is 1.80. The van der Waals surface area contributed by atoms with Crippen LogP contribution < -0.4 is 19.4 Å². The summed E-state index contributed by atoms with van der Waals surface area (Å²) in [5, 5.41) is 0. The van der Waals surface area contributed by atoms with Crippen LogP contribution in [0, 0.1) is 0 Å². The van der Waals surface area contributed by atoms with Gasteiger partial charge in [-0.3, -0.25) is 9.59 Å². The molecule has 1 N–H and O–H groups in total. The Kier molecular flexibility index (Phi) is 4.81. The molecule has 27 heavy (non-hydrogen) atoms. The Labute approximate surface area is 158 Å². The van der Waals surface area contributed by atoms with Crippen LogP contribution in [-0.4, -0.2) is 51.1 Å². The summed E-state index contributed by atoms with van der Waals surface area (Å²) >= 11 is 0. The van der Waals surface area contributed by atoms with Gasteiger partial charge in [0.2, 0.25) is 5.91 Å². The largest absolute Gasteiger partial charge is 0.497 e. The maximum atomic E-state index is 13.0. The molecular weight excluding hydrogens is 342 g/mol. The predicted octanol–water partition coefficient (Wildman–Crippen LogP) is 0.732. The van der Waals surface area contributed by atoms with Crippen LogP contribution >= 0.6 is 0 Å². The molecule has 2 aliphatic heterocycles. The number of imide groups is 1. The van der Waals surface area contributed by atoms with E-state index in [1.807, 2.05) is 18.2 Å². The maximum Gasteiger partial charge on any atom is 0.292 e. The zero-order valence-electron chi connectivity index (χ0n) is 15.4. The number of amides is 2. The second-order valence-electron chi connectivity index (χ2n) is 7.01. The number of benzene rings is 2. The van der Waals surface area contributed by atoms with Crippen LogP contribution in [0.2, 0.25) is 0 Å². The zero-order chi connectivity index (χ0) is 18.8. The molecule has 140 valence electrons. The second kappa shape index (κ2) is 7.40. The summed E-state index contributed by atoms with van der Waals surface area (Å²) in [6, 6.07) is 17.2. The predicted molar refractivity (Wildman–Crippen MR) is 103 cm³/mol. The summed E-state index contributed by atoms with van der Waals surface area (Å²) in [6.07, 6.45) is 0.275. The van der Waals surface area contributed by atoms with Gasteiger partial charge in [0.05, 0.1) is 45.4 Å². The first-order valence-corrected chi connectivity index (χ1v) is 9.33. The van der Waals surface area contributed by atoms with Crippen LogP contribution in [0.1, 0.15) is 6.42 Å². The molecule has 2 amide bonds. The van der Waals surface area contributed by atoms with Crippen molar-refractivity contribution in [2.45, 2.75) is 12.5 Å². The fourth-order valence-corrected chi connectivity index (χ4v) is 4.01. The number of ether oxygens (including phenoxy) is 1. The molecule has 2 saturated heterocycles. The molecule has 2 aliphatic rings. The molecule has 0 aromatic heterocycles. The number of methoxy groups -OCH3 is 1. The first kappa shape index (κ1) is 17.5. The van der Waals surface area contributed by atoms with Crippen LogP contribution in [0.4, 0.5) is 11.4 Å². The number of carbonyl (C=O) groups is 2. The van der Waals surface area contributed by atoms with Crippen LogP contribution in [0.25, 0.3) is 0 Å². The van der Waals surface area contributed by atoms with Gasteiger partial charge in [-0.15, -0.1) is 0 Å². The fourth-order valence-electron chi connectivity index (χ4n) is 4.01. The highest BCUT2D eigenvalue weighted by Gasteiger charge is 2.46. The van der Waals surface area contributed by atoms with E-state index >= 15 is 0 Å². The Morgan fingerprint density at radius 3 is 2.37 bits per heavy atom. The summed E-state index contributed by atoms with van der Waals surface area (Å²) in [5.74, 6) is 0.410. The molecule has 0 aliphatic carbocycles. The minimum Gasteiger partial charge on any atom is -0.497 e. The summed E-state index contributed by atoms with van der Waals surface area (Å²) < 4.78 is 5.22. The van der Waals surface area contributed by atoms with E-state index in [9.17, 15) is 9.59 Å². The van der Waals surface area contributed by atoms with Gasteiger partial charge in [0.25, 0.3) is 5.91 Å². The van der Waals surface area contributed by atoms with E-state index in [4.69, 9.17) is 4.74 Å². The smallest absolute Gasteiger partial charge is 0.292 e. The number of carbonyl (C=O) groups excluding carboxylic acids is 2. The second-order valence-corrected chi connectivity index (χ2v) is 7.01. The number of nitrogens with zero attached hydrogens (tertiary/aromatic N) is 2. The summed E-state index contributed by atoms with van der Waals surface area (Å²) in [4.78, 5) is 30.4. The number of rotatable bonds is 4. The lowest BCUT2D eigenvalue weighted by atomic mass is 10.1. The lowest BCUT2D eigenvalue weighted by Gasteiger charge is -2.35. The molecule has 6 nitrogen and oxygen atoms in total. The highest BCUT2D eigenvalue weighted by molar-refractivity contribution is 6.21. The number of hydrogen-bond donors (Lipinski definition) is 1. The van der Waals surface area contributed by atoms with E-state index < -0.39 is 0 Å². The molecule has 4 rings (SSSR count). The van der Waals surface area contributed by atoms with Crippen molar-refractivity contribution in [3.05, 3.63) is 54.6 Å². The highest BCUT2D eigenvalue weighted by Crippen LogP contribution is 2.26. The van der Waals surface area contributed by atoms with Crippen LogP contribution in [0.15, 0.2) is 54.6 Å². The third-order valence-corrected chi connectivity index (χ3v) is 5.48. The lowest BCUT2D eigenvalue weighted by Crippen LogP contribution is -3.19. The Bertz CT molecular complexity index is 832. The van der Waals surface area contributed by atoms with E-state index in [1.54, 1.807) is 31.4 Å². The van der Waals surface area contributed by atoms with E-state index in [2.05, 4.69) is 17.0 Å². The number of piperazine rings is 1. The minimum absolute atomic E-state index is 0.101. The number of anilines is 2. The Balaban J connectivity index is 1.45. The molecule has 2 fully saturated rings. The van der Waals surface area contributed by atoms with Gasteiger partial charge < -0.3 is 14.5 Å². The first-order chi connectivity index (χ1) is 13.2. The van der Waals surface area contributed by atoms with Gasteiger partial charge in [0, 0.05) is 11.8 Å². The van der Waals surface area contributed by atoms with Gasteiger partial charge in [-0.1, -0.05) is 24.3 Å². The topological polar surface area (TPSA) is 54.3 Å².